The van der Waals surface area contributed by atoms with Gasteiger partial charge in [0, 0.05) is 36.9 Å². The highest BCUT2D eigenvalue weighted by Gasteiger charge is 2.49. The van der Waals surface area contributed by atoms with Crippen LogP contribution in [-0.2, 0) is 0 Å². The molecule has 4 aliphatic rings. The van der Waals surface area contributed by atoms with Crippen LogP contribution in [0.4, 0.5) is 8.78 Å². The van der Waals surface area contributed by atoms with Crippen LogP contribution in [0.25, 0.3) is 16.6 Å². The van der Waals surface area contributed by atoms with Crippen molar-refractivity contribution >= 4 is 16.6 Å². The minimum Gasteiger partial charge on any atom is -0.363 e. The Morgan fingerprint density at radius 2 is 1.87 bits per heavy atom. The van der Waals surface area contributed by atoms with Crippen LogP contribution in [0.3, 0.4) is 0 Å². The normalized spacial score (nSPS) is 23.8. The molecule has 5 heteroatoms. The van der Waals surface area contributed by atoms with Crippen molar-refractivity contribution in [2.75, 3.05) is 6.54 Å². The first-order valence-corrected chi connectivity index (χ1v) is 11.2. The first-order valence-electron chi connectivity index (χ1n) is 11.2. The lowest BCUT2D eigenvalue weighted by Gasteiger charge is -2.45. The Kier molecular flexibility index (Phi) is 3.90. The molecule has 1 aliphatic heterocycles. The number of hydrogen-bond acceptors (Lipinski definition) is 2. The van der Waals surface area contributed by atoms with Crippen molar-refractivity contribution in [3.05, 3.63) is 53.2 Å². The van der Waals surface area contributed by atoms with Gasteiger partial charge < -0.3 is 9.47 Å². The van der Waals surface area contributed by atoms with Crippen LogP contribution in [0.5, 0.6) is 0 Å². The second-order valence-corrected chi connectivity index (χ2v) is 9.39. The zero-order valence-corrected chi connectivity index (χ0v) is 17.0. The fraction of sp³-hybridized carbons (Fsp3) is 0.480. The summed E-state index contributed by atoms with van der Waals surface area (Å²) in [7, 11) is 0. The molecule has 0 atom stereocenters. The molecule has 1 aromatic heterocycles. The van der Waals surface area contributed by atoms with Gasteiger partial charge >= 0.3 is 0 Å². The Labute approximate surface area is 175 Å². The molecule has 3 nitrogen and oxygen atoms in total. The summed E-state index contributed by atoms with van der Waals surface area (Å²) in [6, 6.07) is 9.27. The van der Waals surface area contributed by atoms with E-state index in [1.807, 2.05) is 18.2 Å². The van der Waals surface area contributed by atoms with Crippen molar-refractivity contribution in [1.29, 1.82) is 5.26 Å². The van der Waals surface area contributed by atoms with Gasteiger partial charge in [0.2, 0.25) is 0 Å². The van der Waals surface area contributed by atoms with E-state index >= 15 is 0 Å². The van der Waals surface area contributed by atoms with E-state index in [1.54, 1.807) is 0 Å². The minimum atomic E-state index is -2.56. The first kappa shape index (κ1) is 18.2. The number of allylic oxidation sites excluding steroid dienone is 2. The largest absolute Gasteiger partial charge is 0.363 e. The van der Waals surface area contributed by atoms with Crippen LogP contribution in [0, 0.1) is 11.3 Å². The molecule has 0 saturated heterocycles. The average molecular weight is 405 g/mol. The van der Waals surface area contributed by atoms with Gasteiger partial charge in [0.05, 0.1) is 22.5 Å². The van der Waals surface area contributed by atoms with E-state index in [9.17, 15) is 14.0 Å². The van der Waals surface area contributed by atoms with E-state index in [1.165, 1.54) is 24.8 Å². The number of aromatic nitrogens is 1. The monoisotopic (exact) mass is 405 g/mol. The van der Waals surface area contributed by atoms with Crippen LogP contribution in [0.15, 0.2) is 36.4 Å². The lowest BCUT2D eigenvalue weighted by molar-refractivity contribution is -0.112. The van der Waals surface area contributed by atoms with Gasteiger partial charge in [-0.25, -0.2) is 8.78 Å². The van der Waals surface area contributed by atoms with Crippen molar-refractivity contribution in [2.45, 2.75) is 68.9 Å². The number of alkyl halides is 2. The third-order valence-electron chi connectivity index (χ3n) is 7.38. The van der Waals surface area contributed by atoms with Crippen LogP contribution < -0.4 is 0 Å². The highest BCUT2D eigenvalue weighted by molar-refractivity contribution is 5.93. The Balaban J connectivity index is 1.53. The summed E-state index contributed by atoms with van der Waals surface area (Å²) in [5.74, 6) is -1.91. The highest BCUT2D eigenvalue weighted by Crippen LogP contribution is 2.48. The summed E-state index contributed by atoms with van der Waals surface area (Å²) in [5.41, 5.74) is 5.07. The molecular weight excluding hydrogens is 380 g/mol. The standard InChI is InChI=1S/C25H25F2N3/c26-25(27)13-19(14-25)29-11-2-1-6-22(29)24-21(15-28)20-10-9-17(16-7-8-16)12-23(20)30(24)18-4-3-5-18/h1-2,6,9-10,12,16,18-19H,3-5,7-8,11,13-14H2. The highest BCUT2D eigenvalue weighted by atomic mass is 19.3. The number of hydrogen-bond donors (Lipinski definition) is 0. The molecular formula is C25H25F2N3. The topological polar surface area (TPSA) is 32.0 Å². The zero-order valence-electron chi connectivity index (χ0n) is 17.0. The summed E-state index contributed by atoms with van der Waals surface area (Å²) in [6.07, 6.45) is 11.7. The molecule has 0 N–H and O–H groups in total. The van der Waals surface area contributed by atoms with Gasteiger partial charge in [-0.05, 0) is 55.7 Å². The van der Waals surface area contributed by atoms with Gasteiger partial charge in [0.25, 0.3) is 5.92 Å². The molecule has 3 saturated carbocycles. The maximum Gasteiger partial charge on any atom is 0.252 e. The molecule has 3 aliphatic carbocycles. The number of nitrogens with zero attached hydrogens (tertiary/aromatic N) is 3. The second kappa shape index (κ2) is 6.44. The van der Waals surface area contributed by atoms with E-state index in [2.05, 4.69) is 33.7 Å². The summed E-state index contributed by atoms with van der Waals surface area (Å²) in [5, 5.41) is 11.2. The van der Waals surface area contributed by atoms with Crippen LogP contribution >= 0.6 is 0 Å². The lowest BCUT2D eigenvalue weighted by Crippen LogP contribution is -2.50. The summed E-state index contributed by atoms with van der Waals surface area (Å²) in [4.78, 5) is 2.10. The Morgan fingerprint density at radius 3 is 2.50 bits per heavy atom. The van der Waals surface area contributed by atoms with E-state index in [0.29, 0.717) is 24.1 Å². The van der Waals surface area contributed by atoms with Crippen molar-refractivity contribution in [2.24, 2.45) is 0 Å². The Hall–Kier alpha value is -2.61. The van der Waals surface area contributed by atoms with Crippen LogP contribution in [0.1, 0.15) is 73.7 Å². The Bertz CT molecular complexity index is 1120. The van der Waals surface area contributed by atoms with Gasteiger partial charge in [-0.3, -0.25) is 0 Å². The smallest absolute Gasteiger partial charge is 0.252 e. The van der Waals surface area contributed by atoms with Crippen LogP contribution in [0.2, 0.25) is 0 Å². The van der Waals surface area contributed by atoms with E-state index in [-0.39, 0.29) is 18.9 Å². The van der Waals surface area contributed by atoms with Crippen molar-refractivity contribution in [3.63, 3.8) is 0 Å². The van der Waals surface area contributed by atoms with Gasteiger partial charge in [0.1, 0.15) is 6.07 Å². The lowest BCUT2D eigenvalue weighted by atomic mass is 9.85. The fourth-order valence-electron chi connectivity index (χ4n) is 5.33. The van der Waals surface area contributed by atoms with Gasteiger partial charge in [-0.2, -0.15) is 5.26 Å². The molecule has 0 radical (unpaired) electrons. The predicted molar refractivity (Wildman–Crippen MR) is 113 cm³/mol. The number of halogens is 2. The maximum absolute atomic E-state index is 13.7. The second-order valence-electron chi connectivity index (χ2n) is 9.39. The molecule has 0 unspecified atom stereocenters. The molecule has 154 valence electrons. The van der Waals surface area contributed by atoms with E-state index in [4.69, 9.17) is 0 Å². The van der Waals surface area contributed by atoms with E-state index < -0.39 is 5.92 Å². The number of benzene rings is 1. The minimum absolute atomic E-state index is 0.102. The molecule has 0 spiro atoms. The third kappa shape index (κ3) is 2.73. The van der Waals surface area contributed by atoms with Crippen molar-refractivity contribution < 1.29 is 8.78 Å². The summed E-state index contributed by atoms with van der Waals surface area (Å²) >= 11 is 0. The van der Waals surface area contributed by atoms with Crippen LogP contribution in [-0.4, -0.2) is 28.0 Å². The number of fused-ring (bicyclic) bond motifs is 1. The van der Waals surface area contributed by atoms with Crippen molar-refractivity contribution in [1.82, 2.24) is 9.47 Å². The molecule has 0 amide bonds. The summed E-state index contributed by atoms with van der Waals surface area (Å²) in [6.45, 7) is 0.622. The molecule has 2 heterocycles. The SMILES string of the molecule is N#Cc1c(C2=CC=CCN2C2CC(F)(F)C2)n(C2CCC2)c2cc(C3CC3)ccc12. The fourth-order valence-corrected chi connectivity index (χ4v) is 5.33. The molecule has 6 rings (SSSR count). The summed E-state index contributed by atoms with van der Waals surface area (Å²) < 4.78 is 29.7. The first-order chi connectivity index (χ1) is 14.6. The molecule has 3 fully saturated rings. The maximum atomic E-state index is 13.7. The molecule has 0 bridgehead atoms. The van der Waals surface area contributed by atoms with Gasteiger partial charge in [-0.15, -0.1) is 0 Å². The third-order valence-corrected chi connectivity index (χ3v) is 7.38. The zero-order chi connectivity index (χ0) is 20.5. The van der Waals surface area contributed by atoms with Gasteiger partial charge in [0.15, 0.2) is 0 Å². The van der Waals surface area contributed by atoms with Crippen molar-refractivity contribution in [3.8, 4) is 6.07 Å². The molecule has 30 heavy (non-hydrogen) atoms. The number of rotatable bonds is 4. The number of nitriles is 1. The van der Waals surface area contributed by atoms with Gasteiger partial charge in [-0.1, -0.05) is 24.3 Å². The molecule has 2 aromatic rings. The molecule has 1 aromatic carbocycles. The Morgan fingerprint density at radius 1 is 1.07 bits per heavy atom. The van der Waals surface area contributed by atoms with E-state index in [0.717, 1.165) is 35.1 Å². The predicted octanol–water partition coefficient (Wildman–Crippen LogP) is 6.13. The quantitative estimate of drug-likeness (QED) is 0.613. The average Bonchev–Trinajstić information content (AvgIpc) is 3.48.